The molecule has 0 radical (unpaired) electrons. The van der Waals surface area contributed by atoms with Crippen LogP contribution in [0.25, 0.3) is 0 Å². The van der Waals surface area contributed by atoms with Gasteiger partial charge in [-0.15, -0.1) is 0 Å². The number of aliphatic imine (C=N–C) groups is 2. The number of aliphatic hydroxyl groups excluding tert-OH is 2. The average molecular weight is 743 g/mol. The van der Waals surface area contributed by atoms with Gasteiger partial charge >= 0.3 is 6.03 Å². The summed E-state index contributed by atoms with van der Waals surface area (Å²) in [6.45, 7) is 0. The summed E-state index contributed by atoms with van der Waals surface area (Å²) in [5.41, 5.74) is 1.50. The molecule has 0 fully saturated rings. The minimum atomic E-state index is -4.78. The molecule has 6 rings (SSSR count). The van der Waals surface area contributed by atoms with Crippen LogP contribution in [0.3, 0.4) is 0 Å². The number of carbonyl (C=O) groups excluding carboxylic acids is 3. The number of benzene rings is 4. The monoisotopic (exact) mass is 742 g/mol. The lowest BCUT2D eigenvalue weighted by atomic mass is 9.93. The lowest BCUT2D eigenvalue weighted by Crippen LogP contribution is -2.22. The summed E-state index contributed by atoms with van der Waals surface area (Å²) in [6, 6.07) is 23.1. The van der Waals surface area contributed by atoms with Gasteiger partial charge in [-0.05, 0) is 59.7 Å². The van der Waals surface area contributed by atoms with E-state index >= 15 is 0 Å². The number of anilines is 2. The van der Waals surface area contributed by atoms with Crippen LogP contribution in [0.15, 0.2) is 128 Å². The molecule has 264 valence electrons. The van der Waals surface area contributed by atoms with E-state index in [0.29, 0.717) is 22.3 Å². The zero-order valence-electron chi connectivity index (χ0n) is 26.5. The zero-order valence-corrected chi connectivity index (χ0v) is 28.1. The van der Waals surface area contributed by atoms with Crippen molar-refractivity contribution in [3.05, 3.63) is 152 Å². The van der Waals surface area contributed by atoms with Gasteiger partial charge in [0.05, 0.1) is 0 Å². The number of aliphatic hydroxyl groups is 2. The maximum Gasteiger partial charge on any atom is 0.323 e. The van der Waals surface area contributed by atoms with Gasteiger partial charge in [-0.1, -0.05) is 48.5 Å². The van der Waals surface area contributed by atoms with Crippen LogP contribution in [0.4, 0.5) is 16.2 Å². The maximum atomic E-state index is 13.0. The first-order valence-electron chi connectivity index (χ1n) is 15.1. The molecule has 0 heterocycles. The molecule has 0 unspecified atom stereocenters. The van der Waals surface area contributed by atoms with Gasteiger partial charge in [0.2, 0.25) is 0 Å². The van der Waals surface area contributed by atoms with Crippen LogP contribution in [0.2, 0.25) is 0 Å². The van der Waals surface area contributed by atoms with Crippen molar-refractivity contribution in [2.75, 3.05) is 10.6 Å². The minimum Gasteiger partial charge on any atom is -0.505 e. The summed E-state index contributed by atoms with van der Waals surface area (Å²) in [5.74, 6) is -3.34. The molecule has 0 aromatic heterocycles. The number of nitrogens with zero attached hydrogens (tertiary/aromatic N) is 2. The predicted octanol–water partition coefficient (Wildman–Crippen LogP) is 5.02. The molecule has 17 heteroatoms. The lowest BCUT2D eigenvalue weighted by Gasteiger charge is -2.19. The van der Waals surface area contributed by atoms with Crippen molar-refractivity contribution in [3.63, 3.8) is 0 Å². The fourth-order valence-electron chi connectivity index (χ4n) is 5.51. The summed E-state index contributed by atoms with van der Waals surface area (Å²) in [5, 5.41) is 26.3. The normalized spacial score (nSPS) is 16.0. The molecule has 0 atom stereocenters. The number of hydrogen-bond acceptors (Lipinski definition) is 9. The summed E-state index contributed by atoms with van der Waals surface area (Å²) in [6.07, 6.45) is -0.565. The van der Waals surface area contributed by atoms with Crippen molar-refractivity contribution in [1.29, 1.82) is 0 Å². The molecule has 2 aliphatic carbocycles. The highest BCUT2D eigenvalue weighted by Gasteiger charge is 2.32. The second-order valence-electron chi connectivity index (χ2n) is 11.4. The minimum absolute atomic E-state index is 0.0429. The topological polar surface area (TPSA) is 249 Å². The van der Waals surface area contributed by atoms with Crippen LogP contribution in [0.5, 0.6) is 0 Å². The SMILES string of the molecule is O=C(Nc1ccc(C(=O)N=C2C(O)=C(S(=O)(=O)O)Cc3ccccc32)cc1)Nc1ccc(C(=O)N=C2C(O)=C(S(=O)(=O)O)Cc3ccccc32)cc1. The smallest absolute Gasteiger partial charge is 0.323 e. The zero-order chi connectivity index (χ0) is 37.4. The number of urea groups is 1. The van der Waals surface area contributed by atoms with Gasteiger partial charge in [-0.3, -0.25) is 18.7 Å². The van der Waals surface area contributed by atoms with Gasteiger partial charge in [0.25, 0.3) is 32.1 Å². The number of rotatable bonds is 6. The van der Waals surface area contributed by atoms with Gasteiger partial charge < -0.3 is 20.8 Å². The molecular weight excluding hydrogens is 717 g/mol. The lowest BCUT2D eigenvalue weighted by molar-refractivity contribution is 0.0994. The molecule has 4 amide bonds. The van der Waals surface area contributed by atoms with E-state index in [0.717, 1.165) is 0 Å². The van der Waals surface area contributed by atoms with Crippen LogP contribution in [0.1, 0.15) is 43.0 Å². The van der Waals surface area contributed by atoms with E-state index in [1.54, 1.807) is 48.5 Å². The quantitative estimate of drug-likeness (QED) is 0.143. The standard InChI is InChI=1S/C35H26N4O11S2/c40-31-27(51(45,46)47)17-21-5-1-3-7-25(21)29(31)38-33(42)19-9-13-23(14-10-19)36-35(44)37-24-15-11-20(12-16-24)34(43)39-30-26-8-4-2-6-22(26)18-28(32(30)41)52(48,49)50/h1-16,40-41H,17-18H2,(H2,36,37,44)(H,45,46,47)(H,48,49,50). The van der Waals surface area contributed by atoms with Crippen molar-refractivity contribution < 1.29 is 50.5 Å². The first-order chi connectivity index (χ1) is 24.6. The Hall–Kier alpha value is -6.27. The van der Waals surface area contributed by atoms with Gasteiger partial charge in [0.15, 0.2) is 11.5 Å². The van der Waals surface area contributed by atoms with Crippen LogP contribution in [0, 0.1) is 0 Å². The molecule has 0 saturated carbocycles. The van der Waals surface area contributed by atoms with E-state index in [1.165, 1.54) is 48.5 Å². The fourth-order valence-corrected chi connectivity index (χ4v) is 6.87. The average Bonchev–Trinajstić information content (AvgIpc) is 3.10. The van der Waals surface area contributed by atoms with Crippen molar-refractivity contribution in [1.82, 2.24) is 0 Å². The Morgan fingerprint density at radius 2 is 0.885 bits per heavy atom. The van der Waals surface area contributed by atoms with Crippen molar-refractivity contribution >= 4 is 60.9 Å². The maximum absolute atomic E-state index is 13.0. The fraction of sp³-hybridized carbons (Fsp3) is 0.0571. The second kappa shape index (κ2) is 13.8. The molecule has 0 aliphatic heterocycles. The molecule has 4 aromatic rings. The third-order valence-electron chi connectivity index (χ3n) is 8.05. The van der Waals surface area contributed by atoms with Crippen LogP contribution >= 0.6 is 0 Å². The molecular formula is C35H26N4O11S2. The number of hydrogen-bond donors (Lipinski definition) is 6. The van der Waals surface area contributed by atoms with E-state index in [-0.39, 0.29) is 46.8 Å². The van der Waals surface area contributed by atoms with E-state index in [1.807, 2.05) is 0 Å². The predicted molar refractivity (Wildman–Crippen MR) is 190 cm³/mol. The van der Waals surface area contributed by atoms with Crippen LogP contribution in [-0.4, -0.2) is 65.4 Å². The number of fused-ring (bicyclic) bond motifs is 2. The van der Waals surface area contributed by atoms with Crippen LogP contribution < -0.4 is 10.6 Å². The second-order valence-corrected chi connectivity index (χ2v) is 14.3. The Balaban J connectivity index is 1.13. The third kappa shape index (κ3) is 7.42. The molecule has 0 spiro atoms. The molecule has 4 aromatic carbocycles. The molecule has 0 saturated heterocycles. The van der Waals surface area contributed by atoms with Crippen molar-refractivity contribution in [2.45, 2.75) is 12.8 Å². The third-order valence-corrected chi connectivity index (χ3v) is 9.97. The Morgan fingerprint density at radius 3 is 1.23 bits per heavy atom. The van der Waals surface area contributed by atoms with Crippen molar-refractivity contribution in [2.24, 2.45) is 9.98 Å². The molecule has 0 bridgehead atoms. The summed E-state index contributed by atoms with van der Waals surface area (Å²) < 4.78 is 66.5. The number of amides is 4. The molecule has 15 nitrogen and oxygen atoms in total. The van der Waals surface area contributed by atoms with Crippen LogP contribution in [-0.2, 0) is 33.1 Å². The number of allylic oxidation sites excluding steroid dienone is 4. The Bertz CT molecular complexity index is 2350. The summed E-state index contributed by atoms with van der Waals surface area (Å²) >= 11 is 0. The molecule has 6 N–H and O–H groups in total. The molecule has 2 aliphatic rings. The summed E-state index contributed by atoms with van der Waals surface area (Å²) in [4.78, 5) is 45.2. The van der Waals surface area contributed by atoms with E-state index in [2.05, 4.69) is 20.6 Å². The van der Waals surface area contributed by atoms with Crippen molar-refractivity contribution in [3.8, 4) is 0 Å². The molecule has 52 heavy (non-hydrogen) atoms. The van der Waals surface area contributed by atoms with E-state index in [4.69, 9.17) is 0 Å². The van der Waals surface area contributed by atoms with Gasteiger partial charge in [-0.2, -0.15) is 16.8 Å². The largest absolute Gasteiger partial charge is 0.505 e. The van der Waals surface area contributed by atoms with E-state index in [9.17, 15) is 50.5 Å². The Morgan fingerprint density at radius 1 is 0.538 bits per heavy atom. The summed E-state index contributed by atoms with van der Waals surface area (Å²) in [7, 11) is -9.56. The highest BCUT2D eigenvalue weighted by molar-refractivity contribution is 7.90. The van der Waals surface area contributed by atoms with E-state index < -0.39 is 59.4 Å². The first kappa shape index (κ1) is 35.6. The number of carbonyl (C=O) groups is 3. The van der Waals surface area contributed by atoms with Gasteiger partial charge in [0, 0.05) is 46.5 Å². The first-order valence-corrected chi connectivity index (χ1v) is 18.0. The highest BCUT2D eigenvalue weighted by Crippen LogP contribution is 2.30. The highest BCUT2D eigenvalue weighted by atomic mass is 32.2. The number of nitrogens with one attached hydrogen (secondary N) is 2. The Labute approximate surface area is 295 Å². The van der Waals surface area contributed by atoms with Gasteiger partial charge in [-0.25, -0.2) is 14.8 Å². The Kier molecular flexibility index (Phi) is 9.44. The van der Waals surface area contributed by atoms with Gasteiger partial charge in [0.1, 0.15) is 21.2 Å².